The van der Waals surface area contributed by atoms with Crippen molar-refractivity contribution in [3.63, 3.8) is 0 Å². The molecule has 0 radical (unpaired) electrons. The van der Waals surface area contributed by atoms with Crippen LogP contribution in [0.25, 0.3) is 11.1 Å². The van der Waals surface area contributed by atoms with Crippen molar-refractivity contribution >= 4 is 5.97 Å². The lowest BCUT2D eigenvalue weighted by molar-refractivity contribution is -0.151. The molecule has 4 heteroatoms. The minimum Gasteiger partial charge on any atom is -0.479 e. The van der Waals surface area contributed by atoms with E-state index in [1.165, 1.54) is 0 Å². The minimum atomic E-state index is -1.06. The van der Waals surface area contributed by atoms with Gasteiger partial charge in [0.1, 0.15) is 0 Å². The largest absolute Gasteiger partial charge is 0.479 e. The van der Waals surface area contributed by atoms with Gasteiger partial charge in [-0.1, -0.05) is 54.6 Å². The average Bonchev–Trinajstić information content (AvgIpc) is 2.49. The third-order valence-electron chi connectivity index (χ3n) is 2.92. The first kappa shape index (κ1) is 14.2. The van der Waals surface area contributed by atoms with Crippen molar-refractivity contribution in [3.05, 3.63) is 60.2 Å². The Morgan fingerprint density at radius 1 is 1.00 bits per heavy atom. The number of hydrogen-bond acceptors (Lipinski definition) is 3. The molecule has 0 aliphatic carbocycles. The van der Waals surface area contributed by atoms with Gasteiger partial charge in [-0.3, -0.25) is 0 Å². The number of ether oxygens (including phenoxy) is 1. The molecule has 0 fully saturated rings. The molecule has 0 bridgehead atoms. The van der Waals surface area contributed by atoms with Crippen LogP contribution < -0.4 is 0 Å². The van der Waals surface area contributed by atoms with E-state index < -0.39 is 12.1 Å². The molecule has 0 aliphatic heterocycles. The lowest BCUT2D eigenvalue weighted by Gasteiger charge is -2.13. The summed E-state index contributed by atoms with van der Waals surface area (Å²) >= 11 is 0. The van der Waals surface area contributed by atoms with Gasteiger partial charge in [-0.25, -0.2) is 4.79 Å². The summed E-state index contributed by atoms with van der Waals surface area (Å²) in [6.07, 6.45) is -1.05. The smallest absolute Gasteiger partial charge is 0.337 e. The number of carbonyl (C=O) groups is 1. The highest BCUT2D eigenvalue weighted by Gasteiger charge is 2.20. The molecule has 2 N–H and O–H groups in total. The van der Waals surface area contributed by atoms with Gasteiger partial charge in [0, 0.05) is 0 Å². The zero-order chi connectivity index (χ0) is 14.4. The van der Waals surface area contributed by atoms with E-state index >= 15 is 0 Å². The Hall–Kier alpha value is -2.17. The third-order valence-corrected chi connectivity index (χ3v) is 2.92. The molecule has 0 amide bonds. The molecular formula is C16H16O4. The lowest BCUT2D eigenvalue weighted by Crippen LogP contribution is -2.17. The van der Waals surface area contributed by atoms with Gasteiger partial charge in [-0.2, -0.15) is 0 Å². The summed E-state index contributed by atoms with van der Waals surface area (Å²) in [5.74, 6) is -1.06. The molecule has 1 atom stereocenters. The molecule has 0 saturated carbocycles. The summed E-state index contributed by atoms with van der Waals surface area (Å²) in [4.78, 5) is 11.2. The van der Waals surface area contributed by atoms with E-state index in [9.17, 15) is 4.79 Å². The molecule has 0 aliphatic rings. The van der Waals surface area contributed by atoms with Crippen LogP contribution in [-0.2, 0) is 9.53 Å². The standard InChI is InChI=1S/C16H16O4/c17-10-11-20-15(16(18)19)14-8-6-13(7-9-14)12-4-2-1-3-5-12/h1-9,15,17H,10-11H2,(H,18,19). The van der Waals surface area contributed by atoms with Crippen LogP contribution in [0, 0.1) is 0 Å². The zero-order valence-electron chi connectivity index (χ0n) is 10.9. The molecule has 1 unspecified atom stereocenters. The Morgan fingerprint density at radius 3 is 2.15 bits per heavy atom. The Kier molecular flexibility index (Phi) is 4.87. The van der Waals surface area contributed by atoms with Crippen molar-refractivity contribution in [1.82, 2.24) is 0 Å². The summed E-state index contributed by atoms with van der Waals surface area (Å²) in [5.41, 5.74) is 2.65. The number of aliphatic hydroxyl groups is 1. The average molecular weight is 272 g/mol. The second kappa shape index (κ2) is 6.84. The fourth-order valence-electron chi connectivity index (χ4n) is 1.96. The molecule has 2 aromatic carbocycles. The first-order chi connectivity index (χ1) is 9.72. The van der Waals surface area contributed by atoms with Gasteiger partial charge in [0.25, 0.3) is 0 Å². The van der Waals surface area contributed by atoms with E-state index in [4.69, 9.17) is 14.9 Å². The highest BCUT2D eigenvalue weighted by atomic mass is 16.5. The van der Waals surface area contributed by atoms with Gasteiger partial charge in [0.15, 0.2) is 6.10 Å². The molecule has 2 rings (SSSR count). The topological polar surface area (TPSA) is 66.8 Å². The number of rotatable bonds is 6. The van der Waals surface area contributed by atoms with Crippen molar-refractivity contribution in [1.29, 1.82) is 0 Å². The predicted molar refractivity (Wildman–Crippen MR) is 75.3 cm³/mol. The summed E-state index contributed by atoms with van der Waals surface area (Å²) < 4.78 is 5.13. The fraction of sp³-hybridized carbons (Fsp3) is 0.188. The number of benzene rings is 2. The van der Waals surface area contributed by atoms with Crippen LogP contribution in [-0.4, -0.2) is 29.4 Å². The second-order valence-electron chi connectivity index (χ2n) is 4.30. The predicted octanol–water partition coefficient (Wildman–Crippen LogP) is 2.49. The monoisotopic (exact) mass is 272 g/mol. The van der Waals surface area contributed by atoms with Gasteiger partial charge in [-0.05, 0) is 16.7 Å². The van der Waals surface area contributed by atoms with Crippen LogP contribution in [0.15, 0.2) is 54.6 Å². The summed E-state index contributed by atoms with van der Waals surface area (Å²) in [6.45, 7) is -0.205. The van der Waals surface area contributed by atoms with E-state index in [1.807, 2.05) is 42.5 Å². The number of carboxylic acids is 1. The lowest BCUT2D eigenvalue weighted by atomic mass is 10.0. The summed E-state index contributed by atoms with van der Waals surface area (Å²) in [6, 6.07) is 17.0. The van der Waals surface area contributed by atoms with Gasteiger partial charge >= 0.3 is 5.97 Å². The Bertz CT molecular complexity index is 548. The molecule has 0 saturated heterocycles. The first-order valence-corrected chi connectivity index (χ1v) is 6.33. The first-order valence-electron chi connectivity index (χ1n) is 6.33. The summed E-state index contributed by atoms with van der Waals surface area (Å²) in [7, 11) is 0. The number of aliphatic carboxylic acids is 1. The normalized spacial score (nSPS) is 12.1. The maximum absolute atomic E-state index is 11.2. The highest BCUT2D eigenvalue weighted by Crippen LogP contribution is 2.23. The Balaban J connectivity index is 2.20. The third kappa shape index (κ3) is 3.44. The molecule has 0 heterocycles. The van der Waals surface area contributed by atoms with E-state index in [1.54, 1.807) is 12.1 Å². The SMILES string of the molecule is O=C(O)C(OCCO)c1ccc(-c2ccccc2)cc1. The van der Waals surface area contributed by atoms with E-state index in [0.29, 0.717) is 5.56 Å². The Morgan fingerprint density at radius 2 is 1.60 bits per heavy atom. The maximum atomic E-state index is 11.2. The molecule has 104 valence electrons. The van der Waals surface area contributed by atoms with Crippen LogP contribution in [0.1, 0.15) is 11.7 Å². The molecule has 0 spiro atoms. The molecule has 20 heavy (non-hydrogen) atoms. The minimum absolute atomic E-state index is 0.00258. The van der Waals surface area contributed by atoms with Gasteiger partial charge in [-0.15, -0.1) is 0 Å². The van der Waals surface area contributed by atoms with Crippen LogP contribution in [0.5, 0.6) is 0 Å². The van der Waals surface area contributed by atoms with Crippen LogP contribution in [0.2, 0.25) is 0 Å². The Labute approximate surface area is 117 Å². The maximum Gasteiger partial charge on any atom is 0.337 e. The quantitative estimate of drug-likeness (QED) is 0.847. The van der Waals surface area contributed by atoms with Gasteiger partial charge in [0.05, 0.1) is 13.2 Å². The highest BCUT2D eigenvalue weighted by molar-refractivity contribution is 5.75. The molecule has 4 nitrogen and oxygen atoms in total. The van der Waals surface area contributed by atoms with E-state index in [2.05, 4.69) is 0 Å². The molecule has 2 aromatic rings. The molecule has 0 aromatic heterocycles. The van der Waals surface area contributed by atoms with Crippen molar-refractivity contribution in [2.45, 2.75) is 6.10 Å². The van der Waals surface area contributed by atoms with Gasteiger partial charge in [0.2, 0.25) is 0 Å². The number of hydrogen-bond donors (Lipinski definition) is 2. The number of aliphatic hydroxyl groups excluding tert-OH is 1. The van der Waals surface area contributed by atoms with Crippen LogP contribution in [0.3, 0.4) is 0 Å². The molecular weight excluding hydrogens is 256 g/mol. The second-order valence-corrected chi connectivity index (χ2v) is 4.30. The van der Waals surface area contributed by atoms with Crippen LogP contribution in [0.4, 0.5) is 0 Å². The van der Waals surface area contributed by atoms with Crippen molar-refractivity contribution < 1.29 is 19.7 Å². The van der Waals surface area contributed by atoms with E-state index in [0.717, 1.165) is 11.1 Å². The zero-order valence-corrected chi connectivity index (χ0v) is 10.9. The van der Waals surface area contributed by atoms with Crippen molar-refractivity contribution in [2.24, 2.45) is 0 Å². The summed E-state index contributed by atoms with van der Waals surface area (Å²) in [5, 5.41) is 17.9. The fourth-order valence-corrected chi connectivity index (χ4v) is 1.96. The van der Waals surface area contributed by atoms with Crippen molar-refractivity contribution in [2.75, 3.05) is 13.2 Å². The van der Waals surface area contributed by atoms with Crippen molar-refractivity contribution in [3.8, 4) is 11.1 Å². The van der Waals surface area contributed by atoms with Crippen LogP contribution >= 0.6 is 0 Å². The van der Waals surface area contributed by atoms with Gasteiger partial charge < -0.3 is 14.9 Å². The van der Waals surface area contributed by atoms with E-state index in [-0.39, 0.29) is 13.2 Å². The number of carboxylic acid groups (broad SMARTS) is 1.